The fourth-order valence-corrected chi connectivity index (χ4v) is 8.12. The summed E-state index contributed by atoms with van der Waals surface area (Å²) in [6, 6.07) is 12.9. The number of benzene rings is 3. The molecular weight excluding hydrogens is 621 g/mol. The third kappa shape index (κ3) is 6.72. The summed E-state index contributed by atoms with van der Waals surface area (Å²) in [6.07, 6.45) is 1.09. The molecule has 9 nitrogen and oxygen atoms in total. The Kier molecular flexibility index (Phi) is 9.01. The monoisotopic (exact) mass is 658 g/mol. The summed E-state index contributed by atoms with van der Waals surface area (Å²) in [5.74, 6) is -0.281. The zero-order valence-corrected chi connectivity index (χ0v) is 26.1. The number of nitrogens with two attached hydrogens (primary N) is 1. The first-order valence-electron chi connectivity index (χ1n) is 15.6. The number of carbonyl (C=O) groups excluding carboxylic acids is 2. The summed E-state index contributed by atoms with van der Waals surface area (Å²) in [6.45, 7) is 0.278. The average molecular weight is 659 g/mol. The number of piperidine rings is 1. The molecule has 2 N–H and O–H groups in total. The molecule has 246 valence electrons. The third-order valence-electron chi connectivity index (χ3n) is 9.21. The first-order valence-corrected chi connectivity index (χ1v) is 17.1. The maximum atomic E-state index is 14.2. The molecule has 13 heteroatoms. The molecule has 0 bridgehead atoms. The first kappa shape index (κ1) is 32.3. The quantitative estimate of drug-likeness (QED) is 0.413. The molecule has 2 heterocycles. The van der Waals surface area contributed by atoms with Crippen LogP contribution in [0.4, 0.5) is 13.2 Å². The van der Waals surface area contributed by atoms with E-state index in [1.54, 1.807) is 17.0 Å². The van der Waals surface area contributed by atoms with Crippen LogP contribution in [0.1, 0.15) is 54.4 Å². The average Bonchev–Trinajstić information content (AvgIpc) is 3.56. The van der Waals surface area contributed by atoms with Crippen molar-refractivity contribution < 1.29 is 35.9 Å². The fourth-order valence-electron chi connectivity index (χ4n) is 6.52. The Bertz CT molecular complexity index is 1700. The second-order valence-corrected chi connectivity index (χ2v) is 14.2. The van der Waals surface area contributed by atoms with Gasteiger partial charge in [0.1, 0.15) is 11.8 Å². The smallest absolute Gasteiger partial charge is 0.416 e. The molecule has 3 aliphatic rings. The molecule has 0 spiro atoms. The number of hydrogen-bond donors (Lipinski definition) is 1. The zero-order valence-electron chi connectivity index (χ0n) is 25.3. The first-order chi connectivity index (χ1) is 21.9. The molecule has 0 aromatic heterocycles. The van der Waals surface area contributed by atoms with Crippen LogP contribution in [0.3, 0.4) is 0 Å². The van der Waals surface area contributed by atoms with Crippen LogP contribution in [0.2, 0.25) is 0 Å². The number of sulfonamides is 1. The number of hydrogen-bond acceptors (Lipinski definition) is 6. The van der Waals surface area contributed by atoms with Gasteiger partial charge >= 0.3 is 6.18 Å². The zero-order chi connectivity index (χ0) is 32.6. The van der Waals surface area contributed by atoms with Crippen LogP contribution in [0.25, 0.3) is 10.8 Å². The van der Waals surface area contributed by atoms with Gasteiger partial charge in [0.25, 0.3) is 5.91 Å². The van der Waals surface area contributed by atoms with E-state index in [-0.39, 0.29) is 42.2 Å². The lowest BCUT2D eigenvalue weighted by atomic mass is 10.0. The maximum Gasteiger partial charge on any atom is 0.416 e. The van der Waals surface area contributed by atoms with E-state index in [1.807, 2.05) is 18.2 Å². The van der Waals surface area contributed by atoms with Crippen LogP contribution in [-0.4, -0.2) is 85.2 Å². The van der Waals surface area contributed by atoms with Gasteiger partial charge < -0.3 is 20.3 Å². The second kappa shape index (κ2) is 12.8. The number of ether oxygens (including phenoxy) is 1. The van der Waals surface area contributed by atoms with Crippen LogP contribution < -0.4 is 10.5 Å². The highest BCUT2D eigenvalue weighted by atomic mass is 32.2. The predicted molar refractivity (Wildman–Crippen MR) is 166 cm³/mol. The van der Waals surface area contributed by atoms with Crippen molar-refractivity contribution in [3.63, 3.8) is 0 Å². The van der Waals surface area contributed by atoms with E-state index in [2.05, 4.69) is 0 Å². The van der Waals surface area contributed by atoms with E-state index in [4.69, 9.17) is 10.5 Å². The molecule has 3 fully saturated rings. The van der Waals surface area contributed by atoms with E-state index < -0.39 is 39.6 Å². The van der Waals surface area contributed by atoms with Crippen molar-refractivity contribution in [2.75, 3.05) is 32.7 Å². The Balaban J connectivity index is 1.26. The number of likely N-dealkylation sites (tertiary alicyclic amines) is 1. The number of rotatable bonds is 6. The number of halogens is 3. The van der Waals surface area contributed by atoms with Gasteiger partial charge in [-0.3, -0.25) is 9.59 Å². The van der Waals surface area contributed by atoms with Crippen LogP contribution in [-0.2, 0) is 21.0 Å². The predicted octanol–water partition coefficient (Wildman–Crippen LogP) is 4.65. The minimum Gasteiger partial charge on any atom is -0.490 e. The maximum absolute atomic E-state index is 14.2. The van der Waals surface area contributed by atoms with E-state index in [9.17, 15) is 31.2 Å². The number of amides is 2. The van der Waals surface area contributed by atoms with Crippen LogP contribution in [0, 0.1) is 0 Å². The van der Waals surface area contributed by atoms with Crippen LogP contribution >= 0.6 is 0 Å². The number of alkyl halides is 3. The molecular formula is C33H37F3N4O5S. The Labute approximate surface area is 266 Å². The lowest BCUT2D eigenvalue weighted by Gasteiger charge is -2.42. The normalized spacial score (nSPS) is 20.7. The van der Waals surface area contributed by atoms with Gasteiger partial charge in [-0.1, -0.05) is 12.1 Å². The molecule has 46 heavy (non-hydrogen) atoms. The minimum atomic E-state index is -4.55. The molecule has 1 atom stereocenters. The number of fused-ring (bicyclic) bond motifs is 1. The Morgan fingerprint density at radius 1 is 0.804 bits per heavy atom. The summed E-state index contributed by atoms with van der Waals surface area (Å²) in [7, 11) is -4.19. The molecule has 0 radical (unpaired) electrons. The van der Waals surface area contributed by atoms with E-state index in [0.717, 1.165) is 65.4 Å². The van der Waals surface area contributed by atoms with Crippen molar-refractivity contribution in [2.24, 2.45) is 5.73 Å². The van der Waals surface area contributed by atoms with Crippen molar-refractivity contribution in [1.29, 1.82) is 0 Å². The number of piperazine rings is 1. The summed E-state index contributed by atoms with van der Waals surface area (Å²) < 4.78 is 74.8. The summed E-state index contributed by atoms with van der Waals surface area (Å²) in [5, 5.41) is 1.52. The van der Waals surface area contributed by atoms with Gasteiger partial charge in [-0.25, -0.2) is 8.42 Å². The molecule has 1 saturated carbocycles. The molecule has 6 rings (SSSR count). The highest BCUT2D eigenvalue weighted by molar-refractivity contribution is 7.89. The Morgan fingerprint density at radius 2 is 1.46 bits per heavy atom. The third-order valence-corrected chi connectivity index (χ3v) is 11.1. The van der Waals surface area contributed by atoms with Gasteiger partial charge in [0.2, 0.25) is 15.9 Å². The van der Waals surface area contributed by atoms with Crippen molar-refractivity contribution >= 4 is 32.6 Å². The topological polar surface area (TPSA) is 113 Å². The van der Waals surface area contributed by atoms with Gasteiger partial charge in [0.15, 0.2) is 0 Å². The summed E-state index contributed by atoms with van der Waals surface area (Å²) >= 11 is 0. The van der Waals surface area contributed by atoms with E-state index in [1.165, 1.54) is 11.0 Å². The highest BCUT2D eigenvalue weighted by Gasteiger charge is 2.43. The number of nitrogens with zero attached hydrogens (tertiary/aromatic N) is 3. The van der Waals surface area contributed by atoms with Crippen molar-refractivity contribution in [1.82, 2.24) is 14.1 Å². The molecule has 1 aliphatic carbocycles. The van der Waals surface area contributed by atoms with Gasteiger partial charge in [-0.15, -0.1) is 0 Å². The molecule has 3 aromatic carbocycles. The van der Waals surface area contributed by atoms with Crippen molar-refractivity contribution in [3.05, 3.63) is 71.8 Å². The van der Waals surface area contributed by atoms with Gasteiger partial charge in [0, 0.05) is 44.3 Å². The Hall–Kier alpha value is -3.68. The second-order valence-electron chi connectivity index (χ2n) is 12.3. The molecule has 3 aromatic rings. The largest absolute Gasteiger partial charge is 0.490 e. The SMILES string of the molecule is NC1CCN(C(=O)[C@@H]2CN(C(=O)c3ccc(C(F)(F)F)cc3)CCN2S(=O)(=O)c2ccc3cc(OC4CCCC4)ccc3c2)CC1. The summed E-state index contributed by atoms with van der Waals surface area (Å²) in [5.41, 5.74) is 5.17. The lowest BCUT2D eigenvalue weighted by Crippen LogP contribution is -2.62. The van der Waals surface area contributed by atoms with Crippen LogP contribution in [0.5, 0.6) is 5.75 Å². The highest BCUT2D eigenvalue weighted by Crippen LogP contribution is 2.32. The van der Waals surface area contributed by atoms with Crippen molar-refractivity contribution in [2.45, 2.75) is 67.8 Å². The molecule has 0 unspecified atom stereocenters. The molecule has 2 saturated heterocycles. The van der Waals surface area contributed by atoms with E-state index in [0.29, 0.717) is 31.3 Å². The van der Waals surface area contributed by atoms with Gasteiger partial charge in [0.05, 0.1) is 16.6 Å². The van der Waals surface area contributed by atoms with Gasteiger partial charge in [-0.05, 0) is 97.8 Å². The van der Waals surface area contributed by atoms with Gasteiger partial charge in [-0.2, -0.15) is 17.5 Å². The standard InChI is InChI=1S/C33H37F3N4O5S/c34-33(35,36)25-9-5-22(6-10-25)31(41)39-17-18-40(30(21-39)32(42)38-15-13-26(37)14-16-38)46(43,44)29-12-8-23-19-28(11-7-24(23)20-29)45-27-3-1-2-4-27/h5-12,19-20,26-27,30H,1-4,13-18,21,37H2/t30-/m0/s1. The molecule has 2 aliphatic heterocycles. The van der Waals surface area contributed by atoms with Crippen molar-refractivity contribution in [3.8, 4) is 5.75 Å². The number of carbonyl (C=O) groups is 2. The van der Waals surface area contributed by atoms with E-state index >= 15 is 0 Å². The Morgan fingerprint density at radius 3 is 2.13 bits per heavy atom. The van der Waals surface area contributed by atoms with Crippen LogP contribution in [0.15, 0.2) is 65.6 Å². The molecule has 2 amide bonds. The lowest BCUT2D eigenvalue weighted by molar-refractivity contribution is -0.138. The minimum absolute atomic E-state index is 0.0188. The summed E-state index contributed by atoms with van der Waals surface area (Å²) in [4.78, 5) is 30.2. The fraction of sp³-hybridized carbons (Fsp3) is 0.455.